The van der Waals surface area contributed by atoms with E-state index < -0.39 is 0 Å². The Morgan fingerprint density at radius 3 is 1.76 bits per heavy atom. The van der Waals surface area contributed by atoms with E-state index >= 15 is 0 Å². The maximum Gasteiger partial charge on any atom is 0.119 e. The topological polar surface area (TPSA) is 20.2 Å². The molecule has 0 saturated carbocycles. The second kappa shape index (κ2) is 5.45. The monoisotopic (exact) mass is 274 g/mol. The Morgan fingerprint density at radius 2 is 1.19 bits per heavy atom. The molecular formula is C20H18O. The van der Waals surface area contributed by atoms with E-state index in [2.05, 4.69) is 31.2 Å². The zero-order valence-corrected chi connectivity index (χ0v) is 12.3. The van der Waals surface area contributed by atoms with E-state index in [1.54, 1.807) is 0 Å². The summed E-state index contributed by atoms with van der Waals surface area (Å²) in [5, 5.41) is 10.3. The molecule has 1 heteroatoms. The number of rotatable bonds is 2. The molecular weight excluding hydrogens is 256 g/mol. The van der Waals surface area contributed by atoms with Gasteiger partial charge in [0.15, 0.2) is 0 Å². The van der Waals surface area contributed by atoms with Gasteiger partial charge in [0.05, 0.1) is 0 Å². The van der Waals surface area contributed by atoms with Crippen molar-refractivity contribution in [3.8, 4) is 28.0 Å². The van der Waals surface area contributed by atoms with Crippen LogP contribution >= 0.6 is 0 Å². The van der Waals surface area contributed by atoms with Crippen molar-refractivity contribution in [1.82, 2.24) is 0 Å². The van der Waals surface area contributed by atoms with Crippen molar-refractivity contribution >= 4 is 0 Å². The molecule has 3 rings (SSSR count). The van der Waals surface area contributed by atoms with Crippen molar-refractivity contribution in [3.63, 3.8) is 0 Å². The van der Waals surface area contributed by atoms with Gasteiger partial charge in [-0.15, -0.1) is 0 Å². The fraction of sp³-hybridized carbons (Fsp3) is 0.100. The van der Waals surface area contributed by atoms with Gasteiger partial charge in [0, 0.05) is 0 Å². The number of hydrogen-bond donors (Lipinski definition) is 1. The Labute approximate surface area is 125 Å². The molecule has 104 valence electrons. The summed E-state index contributed by atoms with van der Waals surface area (Å²) in [7, 11) is 0. The summed E-state index contributed by atoms with van der Waals surface area (Å²) in [5.41, 5.74) is 6.59. The maximum absolute atomic E-state index is 10.3. The van der Waals surface area contributed by atoms with Gasteiger partial charge in [-0.05, 0) is 53.3 Å². The third-order valence-corrected chi connectivity index (χ3v) is 3.97. The molecule has 0 fully saturated rings. The Balaban J connectivity index is 2.29. The average Bonchev–Trinajstić information content (AvgIpc) is 2.53. The van der Waals surface area contributed by atoms with Crippen molar-refractivity contribution in [1.29, 1.82) is 0 Å². The fourth-order valence-electron chi connectivity index (χ4n) is 2.85. The van der Waals surface area contributed by atoms with E-state index in [9.17, 15) is 5.11 Å². The lowest BCUT2D eigenvalue weighted by Crippen LogP contribution is -1.93. The minimum absolute atomic E-state index is 0.346. The summed E-state index contributed by atoms with van der Waals surface area (Å²) in [6.45, 7) is 4.09. The van der Waals surface area contributed by atoms with Gasteiger partial charge in [-0.2, -0.15) is 0 Å². The van der Waals surface area contributed by atoms with E-state index in [0.29, 0.717) is 5.75 Å². The highest BCUT2D eigenvalue weighted by Gasteiger charge is 2.14. The third kappa shape index (κ3) is 2.43. The van der Waals surface area contributed by atoms with E-state index in [1.807, 2.05) is 49.4 Å². The highest BCUT2D eigenvalue weighted by atomic mass is 16.3. The predicted octanol–water partition coefficient (Wildman–Crippen LogP) is 5.34. The number of phenolic OH excluding ortho intramolecular Hbond substituents is 1. The Bertz CT molecular complexity index is 759. The molecule has 1 N–H and O–H groups in total. The molecule has 0 aliphatic heterocycles. The molecule has 3 aromatic carbocycles. The summed E-state index contributed by atoms with van der Waals surface area (Å²) in [6.07, 6.45) is 0. The van der Waals surface area contributed by atoms with Gasteiger partial charge in [0.1, 0.15) is 5.75 Å². The normalized spacial score (nSPS) is 10.6. The number of benzene rings is 3. The van der Waals surface area contributed by atoms with Crippen molar-refractivity contribution in [2.24, 2.45) is 0 Å². The molecule has 0 unspecified atom stereocenters. The van der Waals surface area contributed by atoms with Crippen LogP contribution in [0.2, 0.25) is 0 Å². The zero-order chi connectivity index (χ0) is 14.8. The quantitative estimate of drug-likeness (QED) is 0.668. The molecule has 3 aromatic rings. The third-order valence-electron chi connectivity index (χ3n) is 3.97. The van der Waals surface area contributed by atoms with Crippen LogP contribution in [0.4, 0.5) is 0 Å². The van der Waals surface area contributed by atoms with Crippen LogP contribution in [0.3, 0.4) is 0 Å². The van der Waals surface area contributed by atoms with Crippen LogP contribution in [-0.4, -0.2) is 5.11 Å². The average molecular weight is 274 g/mol. The molecule has 0 heterocycles. The van der Waals surface area contributed by atoms with Crippen LogP contribution in [0.5, 0.6) is 5.75 Å². The zero-order valence-electron chi connectivity index (χ0n) is 12.3. The van der Waals surface area contributed by atoms with Crippen LogP contribution in [0.25, 0.3) is 22.3 Å². The standard InChI is InChI=1S/C20H18O/c1-14-18(16-9-5-3-6-10-16)13-19(21)15(2)20(14)17-11-7-4-8-12-17/h3-13,21H,1-2H3. The van der Waals surface area contributed by atoms with Crippen molar-refractivity contribution < 1.29 is 5.11 Å². The first-order valence-electron chi connectivity index (χ1n) is 7.12. The summed E-state index contributed by atoms with van der Waals surface area (Å²) < 4.78 is 0. The van der Waals surface area contributed by atoms with Gasteiger partial charge >= 0.3 is 0 Å². The lowest BCUT2D eigenvalue weighted by molar-refractivity contribution is 0.471. The summed E-state index contributed by atoms with van der Waals surface area (Å²) >= 11 is 0. The second-order valence-corrected chi connectivity index (χ2v) is 5.30. The van der Waals surface area contributed by atoms with E-state index in [4.69, 9.17) is 0 Å². The Kier molecular flexibility index (Phi) is 3.49. The molecule has 1 nitrogen and oxygen atoms in total. The lowest BCUT2D eigenvalue weighted by Gasteiger charge is -2.16. The number of aromatic hydroxyl groups is 1. The van der Waals surface area contributed by atoms with E-state index in [0.717, 1.165) is 27.8 Å². The molecule has 0 spiro atoms. The first-order valence-corrected chi connectivity index (χ1v) is 7.12. The fourth-order valence-corrected chi connectivity index (χ4v) is 2.85. The van der Waals surface area contributed by atoms with Crippen molar-refractivity contribution in [2.45, 2.75) is 13.8 Å². The van der Waals surface area contributed by atoms with Gasteiger partial charge in [-0.1, -0.05) is 60.7 Å². The molecule has 0 aliphatic rings. The first-order chi connectivity index (χ1) is 10.2. The smallest absolute Gasteiger partial charge is 0.119 e. The largest absolute Gasteiger partial charge is 0.508 e. The second-order valence-electron chi connectivity index (χ2n) is 5.30. The molecule has 0 radical (unpaired) electrons. The van der Waals surface area contributed by atoms with E-state index in [-0.39, 0.29) is 0 Å². The Hall–Kier alpha value is -2.54. The lowest BCUT2D eigenvalue weighted by atomic mass is 9.89. The molecule has 0 aromatic heterocycles. The molecule has 0 amide bonds. The van der Waals surface area contributed by atoms with Crippen molar-refractivity contribution in [2.75, 3.05) is 0 Å². The molecule has 0 aliphatic carbocycles. The van der Waals surface area contributed by atoms with Gasteiger partial charge < -0.3 is 5.11 Å². The highest BCUT2D eigenvalue weighted by Crippen LogP contribution is 2.38. The minimum Gasteiger partial charge on any atom is -0.508 e. The first kappa shape index (κ1) is 13.4. The van der Waals surface area contributed by atoms with Gasteiger partial charge in [0.2, 0.25) is 0 Å². The predicted molar refractivity (Wildman–Crippen MR) is 88.5 cm³/mol. The van der Waals surface area contributed by atoms with Crippen LogP contribution in [-0.2, 0) is 0 Å². The van der Waals surface area contributed by atoms with Gasteiger partial charge in [0.25, 0.3) is 0 Å². The van der Waals surface area contributed by atoms with Crippen molar-refractivity contribution in [3.05, 3.63) is 77.9 Å². The van der Waals surface area contributed by atoms with Gasteiger partial charge in [-0.25, -0.2) is 0 Å². The van der Waals surface area contributed by atoms with Crippen LogP contribution in [0.1, 0.15) is 11.1 Å². The SMILES string of the molecule is Cc1c(O)cc(-c2ccccc2)c(C)c1-c1ccccc1. The van der Waals surface area contributed by atoms with Crippen LogP contribution < -0.4 is 0 Å². The van der Waals surface area contributed by atoms with Crippen LogP contribution in [0.15, 0.2) is 66.7 Å². The van der Waals surface area contributed by atoms with Crippen LogP contribution in [0, 0.1) is 13.8 Å². The summed E-state index contributed by atoms with van der Waals surface area (Å²) in [5.74, 6) is 0.346. The maximum atomic E-state index is 10.3. The summed E-state index contributed by atoms with van der Waals surface area (Å²) in [6, 6.07) is 22.3. The number of phenols is 1. The molecule has 0 saturated heterocycles. The minimum atomic E-state index is 0.346. The number of hydrogen-bond acceptors (Lipinski definition) is 1. The Morgan fingerprint density at radius 1 is 0.667 bits per heavy atom. The molecule has 0 atom stereocenters. The van der Waals surface area contributed by atoms with Gasteiger partial charge in [-0.3, -0.25) is 0 Å². The summed E-state index contributed by atoms with van der Waals surface area (Å²) in [4.78, 5) is 0. The van der Waals surface area contributed by atoms with E-state index in [1.165, 1.54) is 5.56 Å². The molecule has 21 heavy (non-hydrogen) atoms. The molecule has 0 bridgehead atoms. The highest BCUT2D eigenvalue weighted by molar-refractivity contribution is 5.82.